The van der Waals surface area contributed by atoms with Gasteiger partial charge in [-0.25, -0.2) is 0 Å². The lowest BCUT2D eigenvalue weighted by atomic mass is 10.2. The molecule has 0 rings (SSSR count). The first-order valence-electron chi connectivity index (χ1n) is 3.28. The third kappa shape index (κ3) is 6.94. The maximum absolute atomic E-state index is 6.87. The number of amidine groups is 2. The van der Waals surface area contributed by atoms with Crippen LogP contribution in [0.2, 0.25) is 0 Å². The Kier molecular flexibility index (Phi) is 4.28. The zero-order valence-corrected chi connectivity index (χ0v) is 5.98. The highest BCUT2D eigenvalue weighted by atomic mass is 14.7. The molecule has 0 spiro atoms. The molecule has 10 heavy (non-hydrogen) atoms. The molecule has 0 aromatic carbocycles. The van der Waals surface area contributed by atoms with Gasteiger partial charge in [0.15, 0.2) is 0 Å². The summed E-state index contributed by atoms with van der Waals surface area (Å²) in [7, 11) is 0. The Morgan fingerprint density at radius 2 is 1.20 bits per heavy atom. The molecule has 6 N–H and O–H groups in total. The van der Waals surface area contributed by atoms with Crippen molar-refractivity contribution in [2.24, 2.45) is 11.5 Å². The fourth-order valence-electron chi connectivity index (χ4n) is 0.631. The predicted molar refractivity (Wildman–Crippen MR) is 42.3 cm³/mol. The topological polar surface area (TPSA) is 99.7 Å². The zero-order valence-electron chi connectivity index (χ0n) is 5.98. The van der Waals surface area contributed by atoms with E-state index in [9.17, 15) is 0 Å². The maximum Gasteiger partial charge on any atom is 0.0905 e. The Morgan fingerprint density at radius 1 is 0.900 bits per heavy atom. The number of hydrogen-bond acceptors (Lipinski definition) is 2. The second-order valence-corrected chi connectivity index (χ2v) is 2.26. The quantitative estimate of drug-likeness (QED) is 0.254. The van der Waals surface area contributed by atoms with E-state index in [2.05, 4.69) is 0 Å². The van der Waals surface area contributed by atoms with Gasteiger partial charge in [-0.15, -0.1) is 0 Å². The van der Waals surface area contributed by atoms with Crippen molar-refractivity contribution in [1.82, 2.24) is 0 Å². The molecular weight excluding hydrogens is 128 g/mol. The summed E-state index contributed by atoms with van der Waals surface area (Å²) in [5.74, 6) is 0.423. The molecular formula is C6H14N4. The lowest BCUT2D eigenvalue weighted by Gasteiger charge is -1.97. The van der Waals surface area contributed by atoms with Crippen LogP contribution in [-0.2, 0) is 0 Å². The van der Waals surface area contributed by atoms with Crippen LogP contribution in [-0.4, -0.2) is 11.7 Å². The summed E-state index contributed by atoms with van der Waals surface area (Å²) in [6.07, 6.45) is 2.95. The van der Waals surface area contributed by atoms with Gasteiger partial charge in [-0.3, -0.25) is 10.8 Å². The summed E-state index contributed by atoms with van der Waals surface area (Å²) >= 11 is 0. The summed E-state index contributed by atoms with van der Waals surface area (Å²) in [4.78, 5) is 0. The van der Waals surface area contributed by atoms with Crippen molar-refractivity contribution in [1.29, 1.82) is 10.8 Å². The summed E-state index contributed by atoms with van der Waals surface area (Å²) in [5, 5.41) is 13.7. The predicted octanol–water partition coefficient (Wildman–Crippen LogP) is 0.419. The molecule has 0 saturated heterocycles. The monoisotopic (exact) mass is 142 g/mol. The summed E-state index contributed by atoms with van der Waals surface area (Å²) < 4.78 is 0. The Balaban J connectivity index is 3.06. The minimum absolute atomic E-state index is 0.212. The molecule has 0 heterocycles. The molecule has 4 nitrogen and oxygen atoms in total. The highest BCUT2D eigenvalue weighted by molar-refractivity contribution is 5.77. The van der Waals surface area contributed by atoms with Crippen molar-refractivity contribution < 1.29 is 0 Å². The molecule has 0 unspecified atom stereocenters. The van der Waals surface area contributed by atoms with E-state index < -0.39 is 0 Å². The van der Waals surface area contributed by atoms with Gasteiger partial charge in [0.05, 0.1) is 11.7 Å². The Hall–Kier alpha value is -1.06. The van der Waals surface area contributed by atoms with Crippen LogP contribution in [0.5, 0.6) is 0 Å². The van der Waals surface area contributed by atoms with Gasteiger partial charge < -0.3 is 11.5 Å². The van der Waals surface area contributed by atoms with E-state index in [1.165, 1.54) is 0 Å². The molecule has 4 heteroatoms. The molecule has 0 aliphatic carbocycles. The number of nitrogens with two attached hydrogens (primary N) is 2. The van der Waals surface area contributed by atoms with Gasteiger partial charge in [-0.05, 0) is 12.8 Å². The number of unbranched alkanes of at least 4 members (excludes halogenated alkanes) is 1. The van der Waals surface area contributed by atoms with Gasteiger partial charge >= 0.3 is 0 Å². The zero-order chi connectivity index (χ0) is 7.98. The van der Waals surface area contributed by atoms with Crippen LogP contribution in [0.1, 0.15) is 25.7 Å². The summed E-state index contributed by atoms with van der Waals surface area (Å²) in [6, 6.07) is 0. The molecule has 0 aromatic rings. The summed E-state index contributed by atoms with van der Waals surface area (Å²) in [6.45, 7) is 0. The third-order valence-corrected chi connectivity index (χ3v) is 1.14. The molecule has 0 fully saturated rings. The van der Waals surface area contributed by atoms with Crippen molar-refractivity contribution in [3.63, 3.8) is 0 Å². The van der Waals surface area contributed by atoms with E-state index >= 15 is 0 Å². The smallest absolute Gasteiger partial charge is 0.0905 e. The van der Waals surface area contributed by atoms with Crippen LogP contribution in [0.3, 0.4) is 0 Å². The van der Waals surface area contributed by atoms with Gasteiger partial charge in [0, 0.05) is 12.8 Å². The first-order valence-corrected chi connectivity index (χ1v) is 3.28. The van der Waals surface area contributed by atoms with Gasteiger partial charge in [-0.1, -0.05) is 0 Å². The SMILES string of the molecule is N=C(N)CCCCC(=N)N. The molecule has 0 atom stereocenters. The maximum atomic E-state index is 6.87. The normalized spacial score (nSPS) is 9.20. The summed E-state index contributed by atoms with van der Waals surface area (Å²) in [5.41, 5.74) is 10.2. The second kappa shape index (κ2) is 4.78. The van der Waals surface area contributed by atoms with Crippen LogP contribution in [0.25, 0.3) is 0 Å². The average Bonchev–Trinajstić information content (AvgIpc) is 1.79. The molecule has 0 aliphatic heterocycles. The minimum Gasteiger partial charge on any atom is -0.388 e. The van der Waals surface area contributed by atoms with Gasteiger partial charge in [0.25, 0.3) is 0 Å². The molecule has 0 aliphatic rings. The van der Waals surface area contributed by atoms with E-state index in [0.29, 0.717) is 12.8 Å². The lowest BCUT2D eigenvalue weighted by Crippen LogP contribution is -2.11. The Morgan fingerprint density at radius 3 is 1.40 bits per heavy atom. The van der Waals surface area contributed by atoms with Crippen molar-refractivity contribution in [2.75, 3.05) is 0 Å². The third-order valence-electron chi connectivity index (χ3n) is 1.14. The molecule has 58 valence electrons. The average molecular weight is 142 g/mol. The van der Waals surface area contributed by atoms with Crippen molar-refractivity contribution in [2.45, 2.75) is 25.7 Å². The molecule has 0 aromatic heterocycles. The van der Waals surface area contributed by atoms with Crippen LogP contribution in [0.15, 0.2) is 0 Å². The van der Waals surface area contributed by atoms with Crippen LogP contribution < -0.4 is 11.5 Å². The van der Waals surface area contributed by atoms with E-state index in [0.717, 1.165) is 12.8 Å². The van der Waals surface area contributed by atoms with Crippen LogP contribution >= 0.6 is 0 Å². The molecule has 0 radical (unpaired) electrons. The van der Waals surface area contributed by atoms with Crippen LogP contribution in [0.4, 0.5) is 0 Å². The van der Waals surface area contributed by atoms with E-state index in [-0.39, 0.29) is 11.7 Å². The van der Waals surface area contributed by atoms with E-state index in [1.807, 2.05) is 0 Å². The first kappa shape index (κ1) is 8.94. The van der Waals surface area contributed by atoms with E-state index in [1.54, 1.807) is 0 Å². The van der Waals surface area contributed by atoms with Crippen molar-refractivity contribution >= 4 is 11.7 Å². The van der Waals surface area contributed by atoms with Crippen molar-refractivity contribution in [3.8, 4) is 0 Å². The minimum atomic E-state index is 0.212. The molecule has 0 saturated carbocycles. The number of nitrogens with one attached hydrogen (secondary N) is 2. The highest BCUT2D eigenvalue weighted by Crippen LogP contribution is 1.97. The van der Waals surface area contributed by atoms with Crippen molar-refractivity contribution in [3.05, 3.63) is 0 Å². The number of rotatable bonds is 5. The molecule has 0 amide bonds. The second-order valence-electron chi connectivity index (χ2n) is 2.26. The molecule has 0 bridgehead atoms. The Labute approximate surface area is 60.6 Å². The van der Waals surface area contributed by atoms with Gasteiger partial charge in [-0.2, -0.15) is 0 Å². The van der Waals surface area contributed by atoms with Crippen LogP contribution in [0, 0.1) is 10.8 Å². The van der Waals surface area contributed by atoms with Gasteiger partial charge in [0.2, 0.25) is 0 Å². The first-order chi connectivity index (χ1) is 4.63. The Bertz CT molecular complexity index is 114. The van der Waals surface area contributed by atoms with Gasteiger partial charge in [0.1, 0.15) is 0 Å². The standard InChI is InChI=1S/C6H14N4/c7-5(8)3-1-2-4-6(9)10/h1-4H2,(H3,7,8)(H3,9,10). The number of hydrogen-bond donors (Lipinski definition) is 4. The largest absolute Gasteiger partial charge is 0.388 e. The highest BCUT2D eigenvalue weighted by Gasteiger charge is 1.92. The lowest BCUT2D eigenvalue weighted by molar-refractivity contribution is 0.784. The fourth-order valence-corrected chi connectivity index (χ4v) is 0.631. The fraction of sp³-hybridized carbons (Fsp3) is 0.667. The van der Waals surface area contributed by atoms with E-state index in [4.69, 9.17) is 22.3 Å².